The summed E-state index contributed by atoms with van der Waals surface area (Å²) in [6.45, 7) is 6.59. The highest BCUT2D eigenvalue weighted by molar-refractivity contribution is 5.86. The van der Waals surface area contributed by atoms with Crippen LogP contribution in [0, 0.1) is 11.3 Å². The van der Waals surface area contributed by atoms with E-state index in [1.165, 1.54) is 16.9 Å². The molecule has 166 valence electrons. The second kappa shape index (κ2) is 8.47. The molecule has 5 heterocycles. The number of hydrogen-bond donors (Lipinski definition) is 1. The van der Waals surface area contributed by atoms with E-state index in [0.29, 0.717) is 0 Å². The topological polar surface area (TPSA) is 72.5 Å². The van der Waals surface area contributed by atoms with Crippen molar-refractivity contribution in [2.45, 2.75) is 19.4 Å². The fraction of sp³-hybridized carbons (Fsp3) is 0.346. The van der Waals surface area contributed by atoms with Crippen LogP contribution in [0.15, 0.2) is 48.7 Å². The van der Waals surface area contributed by atoms with Crippen molar-refractivity contribution in [2.24, 2.45) is 0 Å². The molecule has 3 aromatic heterocycles. The predicted octanol–water partition coefficient (Wildman–Crippen LogP) is 2.76. The smallest absolute Gasteiger partial charge is 0.157 e. The molecule has 4 aromatic rings. The van der Waals surface area contributed by atoms with E-state index in [1.54, 1.807) is 0 Å². The summed E-state index contributed by atoms with van der Waals surface area (Å²) in [5.41, 5.74) is 7.15. The molecule has 7 heteroatoms. The molecule has 1 N–H and O–H groups in total. The molecule has 0 aliphatic carbocycles. The maximum atomic E-state index is 10.2. The zero-order valence-corrected chi connectivity index (χ0v) is 18.7. The second-order valence-electron chi connectivity index (χ2n) is 8.86. The molecule has 0 saturated carbocycles. The molecule has 0 unspecified atom stereocenters. The highest BCUT2D eigenvalue weighted by Crippen LogP contribution is 2.36. The van der Waals surface area contributed by atoms with Crippen LogP contribution in [0.3, 0.4) is 0 Å². The van der Waals surface area contributed by atoms with Gasteiger partial charge in [-0.15, -0.1) is 0 Å². The number of para-hydroxylation sites is 2. The van der Waals surface area contributed by atoms with Crippen molar-refractivity contribution in [3.63, 3.8) is 0 Å². The molecule has 0 atom stereocenters. The summed E-state index contributed by atoms with van der Waals surface area (Å²) in [7, 11) is 0. The van der Waals surface area contributed by atoms with Gasteiger partial charge in [0.2, 0.25) is 0 Å². The number of nitrogens with one attached hydrogen (secondary N) is 1. The SMILES string of the molecule is N#Cc1c2c(c(N3CCNCC3)n3c1nc1ccccc13)CN(CCc1ccccn1)CC2. The van der Waals surface area contributed by atoms with Crippen molar-refractivity contribution in [1.29, 1.82) is 5.26 Å². The van der Waals surface area contributed by atoms with E-state index >= 15 is 0 Å². The molecule has 0 amide bonds. The summed E-state index contributed by atoms with van der Waals surface area (Å²) in [4.78, 5) is 14.4. The molecule has 2 aliphatic heterocycles. The van der Waals surface area contributed by atoms with Gasteiger partial charge in [-0.1, -0.05) is 18.2 Å². The molecule has 0 spiro atoms. The lowest BCUT2D eigenvalue weighted by molar-refractivity contribution is 0.256. The highest BCUT2D eigenvalue weighted by atomic mass is 15.3. The van der Waals surface area contributed by atoms with Crippen LogP contribution in [0.25, 0.3) is 16.7 Å². The molecular formula is C26H27N7. The average molecular weight is 438 g/mol. The van der Waals surface area contributed by atoms with Gasteiger partial charge in [0.15, 0.2) is 5.65 Å². The Morgan fingerprint density at radius 1 is 1.00 bits per heavy atom. The van der Waals surface area contributed by atoms with Crippen LogP contribution in [0.1, 0.15) is 22.4 Å². The van der Waals surface area contributed by atoms with Crippen LogP contribution in [-0.4, -0.2) is 58.5 Å². The third-order valence-corrected chi connectivity index (χ3v) is 6.93. The van der Waals surface area contributed by atoms with Gasteiger partial charge in [0.25, 0.3) is 0 Å². The Labute approximate surface area is 193 Å². The number of nitrogens with zero attached hydrogens (tertiary/aromatic N) is 6. The van der Waals surface area contributed by atoms with Gasteiger partial charge >= 0.3 is 0 Å². The number of piperazine rings is 1. The lowest BCUT2D eigenvalue weighted by atomic mass is 9.95. The van der Waals surface area contributed by atoms with Gasteiger partial charge in [-0.05, 0) is 36.2 Å². The predicted molar refractivity (Wildman–Crippen MR) is 129 cm³/mol. The third kappa shape index (κ3) is 3.52. The summed E-state index contributed by atoms with van der Waals surface area (Å²) < 4.78 is 2.25. The number of fused-ring (bicyclic) bond motifs is 4. The van der Waals surface area contributed by atoms with Crippen molar-refractivity contribution in [3.05, 3.63) is 71.0 Å². The molecule has 1 aromatic carbocycles. The van der Waals surface area contributed by atoms with Gasteiger partial charge in [0.1, 0.15) is 11.9 Å². The van der Waals surface area contributed by atoms with Gasteiger partial charge in [0, 0.05) is 69.7 Å². The minimum Gasteiger partial charge on any atom is -0.355 e. The van der Waals surface area contributed by atoms with E-state index in [4.69, 9.17) is 4.98 Å². The number of hydrogen-bond acceptors (Lipinski definition) is 6. The molecule has 0 bridgehead atoms. The fourth-order valence-corrected chi connectivity index (χ4v) is 5.31. The van der Waals surface area contributed by atoms with E-state index in [9.17, 15) is 5.26 Å². The Balaban J connectivity index is 1.48. The van der Waals surface area contributed by atoms with Crippen LogP contribution in [0.2, 0.25) is 0 Å². The van der Waals surface area contributed by atoms with E-state index in [1.807, 2.05) is 24.4 Å². The second-order valence-corrected chi connectivity index (χ2v) is 8.86. The van der Waals surface area contributed by atoms with Gasteiger partial charge in [-0.3, -0.25) is 14.3 Å². The Bertz CT molecular complexity index is 1350. The van der Waals surface area contributed by atoms with Crippen molar-refractivity contribution < 1.29 is 0 Å². The van der Waals surface area contributed by atoms with Gasteiger partial charge in [-0.25, -0.2) is 4.98 Å². The van der Waals surface area contributed by atoms with Gasteiger partial charge < -0.3 is 10.2 Å². The van der Waals surface area contributed by atoms with E-state index in [0.717, 1.165) is 86.6 Å². The first kappa shape index (κ1) is 20.2. The Morgan fingerprint density at radius 2 is 1.85 bits per heavy atom. The van der Waals surface area contributed by atoms with E-state index in [2.05, 4.69) is 54.8 Å². The lowest BCUT2D eigenvalue weighted by Crippen LogP contribution is -2.45. The van der Waals surface area contributed by atoms with Crippen molar-refractivity contribution >= 4 is 22.5 Å². The zero-order valence-electron chi connectivity index (χ0n) is 18.7. The minimum atomic E-state index is 0.740. The molecule has 2 aliphatic rings. The summed E-state index contributed by atoms with van der Waals surface area (Å²) in [6.07, 6.45) is 3.67. The number of imidazole rings is 1. The Hall–Kier alpha value is -3.47. The minimum absolute atomic E-state index is 0.740. The van der Waals surface area contributed by atoms with Crippen molar-refractivity contribution in [2.75, 3.05) is 44.2 Å². The standard InChI is InChI=1S/C26H27N7/c27-17-21-20-9-14-31(13-8-19-5-3-4-10-29-19)18-22(20)26(32-15-11-28-12-16-32)33-24-7-2-1-6-23(24)30-25(21)33/h1-7,10,28H,8-9,11-16,18H2. The van der Waals surface area contributed by atoms with Crippen LogP contribution in [0.5, 0.6) is 0 Å². The maximum absolute atomic E-state index is 10.2. The van der Waals surface area contributed by atoms with E-state index in [-0.39, 0.29) is 0 Å². The molecule has 6 rings (SSSR count). The summed E-state index contributed by atoms with van der Waals surface area (Å²) in [5, 5.41) is 13.7. The van der Waals surface area contributed by atoms with Crippen LogP contribution >= 0.6 is 0 Å². The molecule has 7 nitrogen and oxygen atoms in total. The molecular weight excluding hydrogens is 410 g/mol. The number of pyridine rings is 2. The fourth-order valence-electron chi connectivity index (χ4n) is 5.31. The van der Waals surface area contributed by atoms with E-state index < -0.39 is 0 Å². The van der Waals surface area contributed by atoms with Gasteiger partial charge in [0.05, 0.1) is 16.6 Å². The maximum Gasteiger partial charge on any atom is 0.157 e. The first-order valence-corrected chi connectivity index (χ1v) is 11.8. The molecule has 1 fully saturated rings. The number of rotatable bonds is 4. The van der Waals surface area contributed by atoms with Crippen LogP contribution < -0.4 is 10.2 Å². The summed E-state index contributed by atoms with van der Waals surface area (Å²) in [5.74, 6) is 1.22. The quantitative estimate of drug-likeness (QED) is 0.529. The molecule has 1 saturated heterocycles. The van der Waals surface area contributed by atoms with Crippen molar-refractivity contribution in [3.8, 4) is 6.07 Å². The average Bonchev–Trinajstić information content (AvgIpc) is 3.26. The lowest BCUT2D eigenvalue weighted by Gasteiger charge is -2.37. The monoisotopic (exact) mass is 437 g/mol. The molecule has 33 heavy (non-hydrogen) atoms. The van der Waals surface area contributed by atoms with Gasteiger partial charge in [-0.2, -0.15) is 5.26 Å². The Kier molecular flexibility index (Phi) is 5.17. The zero-order chi connectivity index (χ0) is 22.2. The third-order valence-electron chi connectivity index (χ3n) is 6.93. The van der Waals surface area contributed by atoms with Crippen molar-refractivity contribution in [1.82, 2.24) is 24.6 Å². The summed E-state index contributed by atoms with van der Waals surface area (Å²) >= 11 is 0. The number of aromatic nitrogens is 3. The van der Waals surface area contributed by atoms with Crippen LogP contribution in [-0.2, 0) is 19.4 Å². The first-order valence-electron chi connectivity index (χ1n) is 11.8. The summed E-state index contributed by atoms with van der Waals surface area (Å²) in [6, 6.07) is 16.9. The number of benzene rings is 1. The first-order chi connectivity index (χ1) is 16.3. The molecule has 0 radical (unpaired) electrons. The normalized spacial score (nSPS) is 16.8. The number of nitriles is 1. The number of anilines is 1. The Morgan fingerprint density at radius 3 is 2.67 bits per heavy atom. The largest absolute Gasteiger partial charge is 0.355 e. The van der Waals surface area contributed by atoms with Crippen LogP contribution in [0.4, 0.5) is 5.82 Å². The highest BCUT2D eigenvalue weighted by Gasteiger charge is 2.30.